The molecule has 2 aromatic carbocycles. The Balaban J connectivity index is 1.95. The number of hydrogen-bond donors (Lipinski definition) is 1. The van der Waals surface area contributed by atoms with Gasteiger partial charge in [0.15, 0.2) is 0 Å². The van der Waals surface area contributed by atoms with Crippen LogP contribution >= 0.6 is 11.5 Å². The van der Waals surface area contributed by atoms with Crippen LogP contribution in [0.3, 0.4) is 0 Å². The molecule has 0 saturated carbocycles. The zero-order valence-electron chi connectivity index (χ0n) is 12.7. The van der Waals surface area contributed by atoms with Gasteiger partial charge >= 0.3 is 10.6 Å². The summed E-state index contributed by atoms with van der Waals surface area (Å²) in [6.07, 6.45) is 0. The molecule has 0 aliphatic heterocycles. The summed E-state index contributed by atoms with van der Waals surface area (Å²) in [4.78, 5) is 24.4. The molecule has 1 aromatic heterocycles. The van der Waals surface area contributed by atoms with Gasteiger partial charge in [-0.25, -0.2) is 13.3 Å². The van der Waals surface area contributed by atoms with E-state index in [9.17, 15) is 9.59 Å². The van der Waals surface area contributed by atoms with Crippen LogP contribution in [-0.4, -0.2) is 8.52 Å². The van der Waals surface area contributed by atoms with Crippen LogP contribution in [0.5, 0.6) is 0 Å². The van der Waals surface area contributed by atoms with E-state index in [4.69, 9.17) is 11.0 Å². The largest absolute Gasteiger partial charge is 0.346 e. The second-order valence-electron chi connectivity index (χ2n) is 5.20. The first-order valence-corrected chi connectivity index (χ1v) is 8.01. The molecule has 120 valence electrons. The lowest BCUT2D eigenvalue weighted by Gasteiger charge is -2.03. The predicted molar refractivity (Wildman–Crippen MR) is 92.3 cm³/mol. The number of hydrogen-bond acceptors (Lipinski definition) is 5. The highest BCUT2D eigenvalue weighted by atomic mass is 32.1. The molecule has 0 spiro atoms. The molecule has 0 radical (unpaired) electrons. The number of benzene rings is 2. The fourth-order valence-corrected chi connectivity index (χ4v) is 3.09. The number of nitriles is 1. The van der Waals surface area contributed by atoms with Gasteiger partial charge in [0, 0.05) is 18.1 Å². The lowest BCUT2D eigenvalue weighted by atomic mass is 10.1. The fraction of sp³-hybridized carbons (Fsp3) is 0.118. The first-order chi connectivity index (χ1) is 11.6. The molecule has 0 fully saturated rings. The number of nitrogens with zero attached hydrogens (tertiary/aromatic N) is 3. The number of rotatable bonds is 4. The molecule has 0 bridgehead atoms. The molecule has 24 heavy (non-hydrogen) atoms. The lowest BCUT2D eigenvalue weighted by molar-refractivity contribution is 0.722. The second kappa shape index (κ2) is 6.66. The van der Waals surface area contributed by atoms with E-state index in [1.54, 1.807) is 24.3 Å². The van der Waals surface area contributed by atoms with E-state index >= 15 is 0 Å². The summed E-state index contributed by atoms with van der Waals surface area (Å²) in [6, 6.07) is 16.0. The van der Waals surface area contributed by atoms with Gasteiger partial charge in [0.05, 0.1) is 23.9 Å². The molecule has 0 amide bonds. The predicted octanol–water partition coefficient (Wildman–Crippen LogP) is 1.44. The quantitative estimate of drug-likeness (QED) is 0.779. The molecule has 2 N–H and O–H groups in total. The van der Waals surface area contributed by atoms with Gasteiger partial charge in [-0.05, 0) is 35.4 Å². The smallest absolute Gasteiger partial charge is 0.326 e. The second-order valence-corrected chi connectivity index (χ2v) is 6.10. The normalized spacial score (nSPS) is 10.5. The molecular formula is C17H14N4O2S. The third-order valence-electron chi connectivity index (χ3n) is 3.62. The SMILES string of the molecule is N#Cc1ccc(-n2sc(=O)n(Cc3ccc(CN)cc3)c2=O)cc1. The Kier molecular flexibility index (Phi) is 4.42. The summed E-state index contributed by atoms with van der Waals surface area (Å²) in [6.45, 7) is 0.659. The maximum Gasteiger partial charge on any atom is 0.346 e. The monoisotopic (exact) mass is 338 g/mol. The average molecular weight is 338 g/mol. The zero-order chi connectivity index (χ0) is 17.1. The fourth-order valence-electron chi connectivity index (χ4n) is 2.28. The van der Waals surface area contributed by atoms with Gasteiger partial charge in [-0.15, -0.1) is 0 Å². The van der Waals surface area contributed by atoms with Crippen molar-refractivity contribution in [3.8, 4) is 11.8 Å². The number of nitrogens with two attached hydrogens (primary N) is 1. The third-order valence-corrected chi connectivity index (χ3v) is 4.55. The summed E-state index contributed by atoms with van der Waals surface area (Å²) in [5.74, 6) is 0. The minimum Gasteiger partial charge on any atom is -0.326 e. The molecule has 6 nitrogen and oxygen atoms in total. The topological polar surface area (TPSA) is 93.8 Å². The van der Waals surface area contributed by atoms with E-state index in [0.29, 0.717) is 17.8 Å². The van der Waals surface area contributed by atoms with Gasteiger partial charge in [-0.1, -0.05) is 24.3 Å². The average Bonchev–Trinajstić information content (AvgIpc) is 2.90. The Bertz CT molecular complexity index is 1000. The summed E-state index contributed by atoms with van der Waals surface area (Å²) < 4.78 is 2.53. The van der Waals surface area contributed by atoms with Gasteiger partial charge in [0.1, 0.15) is 0 Å². The molecule has 3 rings (SSSR count). The highest BCUT2D eigenvalue weighted by Crippen LogP contribution is 2.09. The Labute approximate surface area is 141 Å². The van der Waals surface area contributed by atoms with E-state index < -0.39 is 5.69 Å². The van der Waals surface area contributed by atoms with Crippen LogP contribution < -0.4 is 16.3 Å². The first-order valence-electron chi connectivity index (χ1n) is 7.24. The standard InChI is InChI=1S/C17H14N4O2S/c18-9-12-1-3-14(4-2-12)11-20-16(22)21(24-17(20)23)15-7-5-13(10-19)6-8-15/h1-8H,9,11,18H2. The molecule has 0 saturated heterocycles. The van der Waals surface area contributed by atoms with Crippen molar-refractivity contribution in [1.82, 2.24) is 8.52 Å². The van der Waals surface area contributed by atoms with Crippen LogP contribution in [0.15, 0.2) is 58.1 Å². The highest BCUT2D eigenvalue weighted by Gasteiger charge is 2.12. The third kappa shape index (κ3) is 3.06. The van der Waals surface area contributed by atoms with Gasteiger partial charge < -0.3 is 5.73 Å². The summed E-state index contributed by atoms with van der Waals surface area (Å²) in [5, 5.41) is 8.83. The summed E-state index contributed by atoms with van der Waals surface area (Å²) >= 11 is 0.843. The molecule has 0 aliphatic carbocycles. The molecule has 0 aliphatic rings. The van der Waals surface area contributed by atoms with Crippen molar-refractivity contribution >= 4 is 11.5 Å². The summed E-state index contributed by atoms with van der Waals surface area (Å²) in [5.41, 5.74) is 8.09. The van der Waals surface area contributed by atoms with E-state index in [2.05, 4.69) is 0 Å². The Morgan fingerprint density at radius 2 is 1.62 bits per heavy atom. The van der Waals surface area contributed by atoms with Crippen molar-refractivity contribution in [2.75, 3.05) is 0 Å². The van der Waals surface area contributed by atoms with Crippen molar-refractivity contribution in [3.63, 3.8) is 0 Å². The van der Waals surface area contributed by atoms with E-state index in [-0.39, 0.29) is 11.4 Å². The van der Waals surface area contributed by atoms with Crippen molar-refractivity contribution in [2.45, 2.75) is 13.1 Å². The van der Waals surface area contributed by atoms with Gasteiger partial charge in [-0.3, -0.25) is 4.79 Å². The van der Waals surface area contributed by atoms with E-state index in [1.807, 2.05) is 30.3 Å². The van der Waals surface area contributed by atoms with Gasteiger partial charge in [-0.2, -0.15) is 5.26 Å². The van der Waals surface area contributed by atoms with Crippen molar-refractivity contribution in [1.29, 1.82) is 5.26 Å². The number of aromatic nitrogens is 2. The van der Waals surface area contributed by atoms with Gasteiger partial charge in [0.25, 0.3) is 0 Å². The van der Waals surface area contributed by atoms with Crippen LogP contribution in [0.1, 0.15) is 16.7 Å². The van der Waals surface area contributed by atoms with Crippen molar-refractivity contribution in [2.24, 2.45) is 5.73 Å². The zero-order valence-corrected chi connectivity index (χ0v) is 13.5. The molecular weight excluding hydrogens is 324 g/mol. The van der Waals surface area contributed by atoms with Crippen LogP contribution in [0.2, 0.25) is 0 Å². The lowest BCUT2D eigenvalue weighted by Crippen LogP contribution is -2.28. The minimum atomic E-state index is -0.391. The van der Waals surface area contributed by atoms with E-state index in [0.717, 1.165) is 22.7 Å². The molecule has 1 heterocycles. The van der Waals surface area contributed by atoms with Crippen molar-refractivity contribution < 1.29 is 0 Å². The van der Waals surface area contributed by atoms with E-state index in [1.165, 1.54) is 8.52 Å². The molecule has 7 heteroatoms. The summed E-state index contributed by atoms with van der Waals surface area (Å²) in [7, 11) is 0. The molecule has 3 aromatic rings. The first kappa shape index (κ1) is 15.9. The maximum absolute atomic E-state index is 12.5. The van der Waals surface area contributed by atoms with Crippen LogP contribution in [0.4, 0.5) is 0 Å². The molecule has 0 atom stereocenters. The minimum absolute atomic E-state index is 0.211. The van der Waals surface area contributed by atoms with Crippen LogP contribution in [0, 0.1) is 11.3 Å². The maximum atomic E-state index is 12.5. The Hall–Kier alpha value is -2.95. The Morgan fingerprint density at radius 1 is 1.00 bits per heavy atom. The van der Waals surface area contributed by atoms with Crippen molar-refractivity contribution in [3.05, 3.63) is 85.4 Å². The van der Waals surface area contributed by atoms with Crippen LogP contribution in [-0.2, 0) is 13.1 Å². The Morgan fingerprint density at radius 3 is 2.21 bits per heavy atom. The van der Waals surface area contributed by atoms with Gasteiger partial charge in [0.2, 0.25) is 0 Å². The highest BCUT2D eigenvalue weighted by molar-refractivity contribution is 7.03. The molecule has 0 unspecified atom stereocenters. The van der Waals surface area contributed by atoms with Crippen LogP contribution in [0.25, 0.3) is 5.69 Å².